The van der Waals surface area contributed by atoms with Gasteiger partial charge in [-0.1, -0.05) is 0 Å². The maximum absolute atomic E-state index is 12.3. The van der Waals surface area contributed by atoms with Crippen molar-refractivity contribution in [3.63, 3.8) is 0 Å². The van der Waals surface area contributed by atoms with Crippen LogP contribution in [0, 0.1) is 0 Å². The van der Waals surface area contributed by atoms with Gasteiger partial charge in [-0.05, 0) is 26.2 Å². The first-order valence-corrected chi connectivity index (χ1v) is 7.40. The molecule has 21 heavy (non-hydrogen) atoms. The van der Waals surface area contributed by atoms with Gasteiger partial charge in [0, 0.05) is 32.0 Å². The molecular weight excluding hydrogens is 272 g/mol. The monoisotopic (exact) mass is 294 g/mol. The second kappa shape index (κ2) is 7.10. The number of piperidine rings is 1. The van der Waals surface area contributed by atoms with E-state index < -0.39 is 5.97 Å². The predicted molar refractivity (Wildman–Crippen MR) is 76.9 cm³/mol. The van der Waals surface area contributed by atoms with E-state index in [4.69, 9.17) is 5.11 Å². The summed E-state index contributed by atoms with van der Waals surface area (Å²) in [5.41, 5.74) is 0. The van der Waals surface area contributed by atoms with Crippen LogP contribution in [0.4, 0.5) is 4.79 Å². The number of carboxylic acids is 1. The van der Waals surface area contributed by atoms with Crippen LogP contribution in [0.25, 0.3) is 0 Å². The SMILES string of the molecule is CCn1ccnc1C1CCCCN1C(=O)NCCC(=O)O. The van der Waals surface area contributed by atoms with Gasteiger partial charge in [0.05, 0.1) is 12.5 Å². The molecule has 0 bridgehead atoms. The normalized spacial score (nSPS) is 18.5. The molecule has 116 valence electrons. The van der Waals surface area contributed by atoms with E-state index >= 15 is 0 Å². The highest BCUT2D eigenvalue weighted by molar-refractivity contribution is 5.75. The first kappa shape index (κ1) is 15.3. The van der Waals surface area contributed by atoms with Crippen molar-refractivity contribution in [2.75, 3.05) is 13.1 Å². The van der Waals surface area contributed by atoms with Crippen molar-refractivity contribution in [1.29, 1.82) is 0 Å². The van der Waals surface area contributed by atoms with Crippen molar-refractivity contribution in [2.24, 2.45) is 0 Å². The molecule has 1 aliphatic rings. The molecule has 2 N–H and O–H groups in total. The van der Waals surface area contributed by atoms with Gasteiger partial charge in [0.2, 0.25) is 0 Å². The summed E-state index contributed by atoms with van der Waals surface area (Å²) in [6, 6.07) is -0.231. The molecule has 1 saturated heterocycles. The molecule has 0 saturated carbocycles. The lowest BCUT2D eigenvalue weighted by Crippen LogP contribution is -2.45. The molecule has 2 amide bonds. The number of hydrogen-bond donors (Lipinski definition) is 2. The molecule has 1 aromatic rings. The van der Waals surface area contributed by atoms with Crippen LogP contribution < -0.4 is 5.32 Å². The van der Waals surface area contributed by atoms with Crippen LogP contribution in [0.2, 0.25) is 0 Å². The number of aromatic nitrogens is 2. The van der Waals surface area contributed by atoms with Crippen molar-refractivity contribution in [3.05, 3.63) is 18.2 Å². The van der Waals surface area contributed by atoms with Gasteiger partial charge in [-0.3, -0.25) is 4.79 Å². The number of carbonyl (C=O) groups is 2. The summed E-state index contributed by atoms with van der Waals surface area (Å²) in [4.78, 5) is 29.0. The highest BCUT2D eigenvalue weighted by atomic mass is 16.4. The van der Waals surface area contributed by atoms with Gasteiger partial charge < -0.3 is 19.9 Å². The Bertz CT molecular complexity index is 500. The number of amides is 2. The van der Waals surface area contributed by atoms with E-state index in [2.05, 4.69) is 10.3 Å². The third-order valence-electron chi connectivity index (χ3n) is 3.77. The molecule has 2 heterocycles. The lowest BCUT2D eigenvalue weighted by molar-refractivity contribution is -0.136. The number of carboxylic acid groups (broad SMARTS) is 1. The lowest BCUT2D eigenvalue weighted by Gasteiger charge is -2.35. The molecule has 1 fully saturated rings. The number of urea groups is 1. The Morgan fingerprint density at radius 3 is 3.00 bits per heavy atom. The molecular formula is C14H22N4O3. The lowest BCUT2D eigenvalue weighted by atomic mass is 10.0. The maximum atomic E-state index is 12.3. The van der Waals surface area contributed by atoms with Gasteiger partial charge in [-0.25, -0.2) is 9.78 Å². The second-order valence-corrected chi connectivity index (χ2v) is 5.15. The van der Waals surface area contributed by atoms with Gasteiger partial charge >= 0.3 is 12.0 Å². The maximum Gasteiger partial charge on any atom is 0.318 e. The molecule has 7 heteroatoms. The standard InChI is InChI=1S/C14H22N4O3/c1-2-17-10-8-15-13(17)11-5-3-4-9-18(11)14(21)16-7-6-12(19)20/h8,10-11H,2-7,9H2,1H3,(H,16,21)(H,19,20). The topological polar surface area (TPSA) is 87.5 Å². The smallest absolute Gasteiger partial charge is 0.318 e. The number of hydrogen-bond acceptors (Lipinski definition) is 3. The number of nitrogens with zero attached hydrogens (tertiary/aromatic N) is 3. The Morgan fingerprint density at radius 2 is 2.29 bits per heavy atom. The minimum absolute atomic E-state index is 0.0291. The molecule has 1 aromatic heterocycles. The molecule has 2 rings (SSSR count). The largest absolute Gasteiger partial charge is 0.481 e. The van der Waals surface area contributed by atoms with E-state index in [0.717, 1.165) is 31.6 Å². The average molecular weight is 294 g/mol. The van der Waals surface area contributed by atoms with Gasteiger partial charge in [0.15, 0.2) is 0 Å². The zero-order valence-corrected chi connectivity index (χ0v) is 12.3. The number of carbonyl (C=O) groups excluding carboxylic acids is 1. The Balaban J connectivity index is 2.05. The average Bonchev–Trinajstić information content (AvgIpc) is 2.95. The number of rotatable bonds is 5. The highest BCUT2D eigenvalue weighted by Gasteiger charge is 2.30. The molecule has 0 spiro atoms. The fourth-order valence-electron chi connectivity index (χ4n) is 2.71. The number of likely N-dealkylation sites (tertiary alicyclic amines) is 1. The third-order valence-corrected chi connectivity index (χ3v) is 3.77. The van der Waals surface area contributed by atoms with Crippen molar-refractivity contribution >= 4 is 12.0 Å². The van der Waals surface area contributed by atoms with Gasteiger partial charge in [-0.15, -0.1) is 0 Å². The number of nitrogens with one attached hydrogen (secondary N) is 1. The van der Waals surface area contributed by atoms with Crippen molar-refractivity contribution in [3.8, 4) is 0 Å². The molecule has 0 radical (unpaired) electrons. The zero-order chi connectivity index (χ0) is 15.2. The van der Waals surface area contributed by atoms with Crippen LogP contribution in [0.5, 0.6) is 0 Å². The van der Waals surface area contributed by atoms with E-state index in [1.54, 1.807) is 11.1 Å². The quantitative estimate of drug-likeness (QED) is 0.863. The van der Waals surface area contributed by atoms with Gasteiger partial charge in [0.25, 0.3) is 0 Å². The first-order valence-electron chi connectivity index (χ1n) is 7.40. The highest BCUT2D eigenvalue weighted by Crippen LogP contribution is 2.29. The molecule has 1 atom stereocenters. The predicted octanol–water partition coefficient (Wildman–Crippen LogP) is 1.61. The van der Waals surface area contributed by atoms with Crippen LogP contribution in [0.15, 0.2) is 12.4 Å². The van der Waals surface area contributed by atoms with Crippen molar-refractivity contribution < 1.29 is 14.7 Å². The van der Waals surface area contributed by atoms with Crippen LogP contribution in [0.3, 0.4) is 0 Å². The Kier molecular flexibility index (Phi) is 5.19. The Hall–Kier alpha value is -2.05. The van der Waals surface area contributed by atoms with Crippen LogP contribution >= 0.6 is 0 Å². The number of imidazole rings is 1. The molecule has 0 aromatic carbocycles. The summed E-state index contributed by atoms with van der Waals surface area (Å²) in [7, 11) is 0. The fourth-order valence-corrected chi connectivity index (χ4v) is 2.71. The van der Waals surface area contributed by atoms with Crippen LogP contribution in [0.1, 0.15) is 44.5 Å². The minimum atomic E-state index is -0.910. The van der Waals surface area contributed by atoms with E-state index in [1.165, 1.54) is 0 Å². The van der Waals surface area contributed by atoms with E-state index in [-0.39, 0.29) is 25.0 Å². The van der Waals surface area contributed by atoms with Crippen LogP contribution in [-0.4, -0.2) is 44.6 Å². The molecule has 0 aliphatic carbocycles. The molecule has 1 aliphatic heterocycles. The summed E-state index contributed by atoms with van der Waals surface area (Å²) in [5.74, 6) is -0.00222. The Labute approximate surface area is 124 Å². The summed E-state index contributed by atoms with van der Waals surface area (Å²) in [6.07, 6.45) is 6.55. The fraction of sp³-hybridized carbons (Fsp3) is 0.643. The second-order valence-electron chi connectivity index (χ2n) is 5.15. The van der Waals surface area contributed by atoms with Crippen molar-refractivity contribution in [1.82, 2.24) is 19.8 Å². The zero-order valence-electron chi connectivity index (χ0n) is 12.3. The number of aryl methyl sites for hydroxylation is 1. The van der Waals surface area contributed by atoms with Crippen LogP contribution in [-0.2, 0) is 11.3 Å². The van der Waals surface area contributed by atoms with E-state index in [1.807, 2.05) is 17.7 Å². The minimum Gasteiger partial charge on any atom is -0.481 e. The Morgan fingerprint density at radius 1 is 1.48 bits per heavy atom. The summed E-state index contributed by atoms with van der Waals surface area (Å²) in [6.45, 7) is 3.70. The summed E-state index contributed by atoms with van der Waals surface area (Å²) in [5, 5.41) is 11.3. The third kappa shape index (κ3) is 3.74. The van der Waals surface area contributed by atoms with Crippen molar-refractivity contribution in [2.45, 2.75) is 45.2 Å². The van der Waals surface area contributed by atoms with E-state index in [0.29, 0.717) is 6.54 Å². The number of aliphatic carboxylic acids is 1. The first-order chi connectivity index (χ1) is 10.1. The molecule has 7 nitrogen and oxygen atoms in total. The van der Waals surface area contributed by atoms with E-state index in [9.17, 15) is 9.59 Å². The van der Waals surface area contributed by atoms with Gasteiger partial charge in [0.1, 0.15) is 5.82 Å². The summed E-state index contributed by atoms with van der Waals surface area (Å²) >= 11 is 0. The molecule has 1 unspecified atom stereocenters. The van der Waals surface area contributed by atoms with Gasteiger partial charge in [-0.2, -0.15) is 0 Å². The summed E-state index contributed by atoms with van der Waals surface area (Å²) < 4.78 is 2.05.